The topological polar surface area (TPSA) is 105 Å². The standard InChI is InChI=1S/C22H42O9/c1-3-21(15-23)17-30-19(21)13-28-11-9-26-7-5-25-6-8-27-10-12-29-14-20-22(4-2,16-24)18-31-20/h19-20,23-24H,3-18H2,1-2H3. The van der Waals surface area contributed by atoms with Gasteiger partial charge in [-0.15, -0.1) is 0 Å². The Morgan fingerprint density at radius 2 is 0.935 bits per heavy atom. The maximum Gasteiger partial charge on any atom is 0.0908 e. The van der Waals surface area contributed by atoms with E-state index in [-0.39, 0.29) is 36.3 Å². The van der Waals surface area contributed by atoms with Crippen molar-refractivity contribution in [2.24, 2.45) is 10.8 Å². The molecule has 0 radical (unpaired) electrons. The molecule has 0 aromatic rings. The van der Waals surface area contributed by atoms with E-state index in [0.717, 1.165) is 12.8 Å². The molecule has 0 aliphatic carbocycles. The summed E-state index contributed by atoms with van der Waals surface area (Å²) in [5, 5.41) is 19.0. The summed E-state index contributed by atoms with van der Waals surface area (Å²) in [7, 11) is 0. The van der Waals surface area contributed by atoms with E-state index in [0.29, 0.717) is 79.3 Å². The lowest BCUT2D eigenvalue weighted by molar-refractivity contribution is -0.225. The van der Waals surface area contributed by atoms with Gasteiger partial charge in [0.25, 0.3) is 0 Å². The molecule has 2 aliphatic heterocycles. The first-order chi connectivity index (χ1) is 15.2. The van der Waals surface area contributed by atoms with Gasteiger partial charge in [0.05, 0.1) is 105 Å². The second kappa shape index (κ2) is 14.7. The number of aliphatic hydroxyl groups is 2. The van der Waals surface area contributed by atoms with Gasteiger partial charge in [-0.1, -0.05) is 13.8 Å². The molecule has 0 bridgehead atoms. The Hall–Kier alpha value is -0.360. The minimum atomic E-state index is -0.130. The predicted octanol–water partition coefficient (Wildman–Crippen LogP) is 0.644. The van der Waals surface area contributed by atoms with Crippen LogP contribution < -0.4 is 0 Å². The fraction of sp³-hybridized carbons (Fsp3) is 1.00. The summed E-state index contributed by atoms with van der Waals surface area (Å²) in [6, 6.07) is 0. The summed E-state index contributed by atoms with van der Waals surface area (Å²) in [5.41, 5.74) is -0.260. The van der Waals surface area contributed by atoms with Gasteiger partial charge in [0, 0.05) is 10.8 Å². The van der Waals surface area contributed by atoms with Crippen LogP contribution in [0, 0.1) is 10.8 Å². The van der Waals surface area contributed by atoms with Crippen LogP contribution in [0.4, 0.5) is 0 Å². The van der Waals surface area contributed by atoms with E-state index in [4.69, 9.17) is 33.2 Å². The average Bonchev–Trinajstić information content (AvgIpc) is 2.76. The zero-order valence-corrected chi connectivity index (χ0v) is 19.2. The largest absolute Gasteiger partial charge is 0.396 e. The van der Waals surface area contributed by atoms with Crippen molar-refractivity contribution in [2.45, 2.75) is 38.9 Å². The zero-order valence-electron chi connectivity index (χ0n) is 19.2. The highest BCUT2D eigenvalue weighted by Crippen LogP contribution is 2.38. The summed E-state index contributed by atoms with van der Waals surface area (Å²) in [6.07, 6.45) is 1.74. The Kier molecular flexibility index (Phi) is 12.8. The molecule has 0 aromatic heterocycles. The highest BCUT2D eigenvalue weighted by molar-refractivity contribution is 4.94. The lowest BCUT2D eigenvalue weighted by Crippen LogP contribution is -2.56. The predicted molar refractivity (Wildman–Crippen MR) is 113 cm³/mol. The fourth-order valence-electron chi connectivity index (χ4n) is 3.66. The maximum absolute atomic E-state index is 9.49. The zero-order chi connectivity index (χ0) is 22.4. The number of aliphatic hydroxyl groups excluding tert-OH is 2. The van der Waals surface area contributed by atoms with E-state index >= 15 is 0 Å². The highest BCUT2D eigenvalue weighted by Gasteiger charge is 2.47. The number of ether oxygens (including phenoxy) is 7. The van der Waals surface area contributed by atoms with Crippen LogP contribution in [0.15, 0.2) is 0 Å². The lowest BCUT2D eigenvalue weighted by atomic mass is 9.77. The second-order valence-corrected chi connectivity index (χ2v) is 8.33. The van der Waals surface area contributed by atoms with Gasteiger partial charge in [0.2, 0.25) is 0 Å². The van der Waals surface area contributed by atoms with Gasteiger partial charge in [-0.3, -0.25) is 0 Å². The minimum absolute atomic E-state index is 0.0202. The molecule has 4 unspecified atom stereocenters. The van der Waals surface area contributed by atoms with Crippen LogP contribution in [0.1, 0.15) is 26.7 Å². The summed E-state index contributed by atoms with van der Waals surface area (Å²) in [4.78, 5) is 0. The monoisotopic (exact) mass is 450 g/mol. The summed E-state index contributed by atoms with van der Waals surface area (Å²) < 4.78 is 38.6. The average molecular weight is 451 g/mol. The van der Waals surface area contributed by atoms with Gasteiger partial charge in [0.1, 0.15) is 0 Å². The molecule has 4 atom stereocenters. The maximum atomic E-state index is 9.49. The van der Waals surface area contributed by atoms with E-state index in [1.165, 1.54) is 0 Å². The summed E-state index contributed by atoms with van der Waals surface area (Å²) >= 11 is 0. The van der Waals surface area contributed by atoms with Gasteiger partial charge in [-0.25, -0.2) is 0 Å². The van der Waals surface area contributed by atoms with E-state index in [1.54, 1.807) is 0 Å². The summed E-state index contributed by atoms with van der Waals surface area (Å²) in [6.45, 7) is 10.6. The van der Waals surface area contributed by atoms with Crippen molar-refractivity contribution < 1.29 is 43.4 Å². The van der Waals surface area contributed by atoms with Crippen LogP contribution in [0.3, 0.4) is 0 Å². The van der Waals surface area contributed by atoms with E-state index < -0.39 is 0 Å². The molecule has 9 heteroatoms. The van der Waals surface area contributed by atoms with Crippen molar-refractivity contribution in [3.05, 3.63) is 0 Å². The SMILES string of the molecule is CCC1(CO)COC1COCCOCCOCCOCCOCC1OCC1(CC)CO. The van der Waals surface area contributed by atoms with Gasteiger partial charge >= 0.3 is 0 Å². The first-order valence-corrected chi connectivity index (χ1v) is 11.5. The molecule has 2 aliphatic rings. The van der Waals surface area contributed by atoms with E-state index in [9.17, 15) is 10.2 Å². The summed E-state index contributed by atoms with van der Waals surface area (Å²) in [5.74, 6) is 0. The normalized spacial score (nSPS) is 30.2. The lowest BCUT2D eigenvalue weighted by Gasteiger charge is -2.47. The third-order valence-electron chi connectivity index (χ3n) is 6.57. The van der Waals surface area contributed by atoms with Gasteiger partial charge in [-0.05, 0) is 12.8 Å². The minimum Gasteiger partial charge on any atom is -0.396 e. The Balaban J connectivity index is 1.29. The molecule has 0 aromatic carbocycles. The first-order valence-electron chi connectivity index (χ1n) is 11.5. The van der Waals surface area contributed by atoms with Crippen LogP contribution in [-0.2, 0) is 33.2 Å². The smallest absolute Gasteiger partial charge is 0.0908 e. The van der Waals surface area contributed by atoms with Crippen LogP contribution in [0.5, 0.6) is 0 Å². The first kappa shape index (κ1) is 26.9. The van der Waals surface area contributed by atoms with E-state index in [1.807, 2.05) is 0 Å². The molecule has 31 heavy (non-hydrogen) atoms. The van der Waals surface area contributed by atoms with Crippen molar-refractivity contribution in [3.63, 3.8) is 0 Å². The Bertz CT molecular complexity index is 403. The van der Waals surface area contributed by atoms with Gasteiger partial charge < -0.3 is 43.4 Å². The molecule has 2 saturated heterocycles. The third-order valence-corrected chi connectivity index (χ3v) is 6.57. The van der Waals surface area contributed by atoms with Crippen molar-refractivity contribution in [3.8, 4) is 0 Å². The Morgan fingerprint density at radius 1 is 0.613 bits per heavy atom. The van der Waals surface area contributed by atoms with Crippen molar-refractivity contribution in [1.29, 1.82) is 0 Å². The molecule has 0 amide bonds. The number of hydrogen-bond donors (Lipinski definition) is 2. The molecular formula is C22H42O9. The van der Waals surface area contributed by atoms with Gasteiger partial charge in [0.15, 0.2) is 0 Å². The molecule has 2 fully saturated rings. The van der Waals surface area contributed by atoms with Crippen LogP contribution in [0.25, 0.3) is 0 Å². The van der Waals surface area contributed by atoms with Crippen LogP contribution in [0.2, 0.25) is 0 Å². The van der Waals surface area contributed by atoms with Crippen LogP contribution >= 0.6 is 0 Å². The van der Waals surface area contributed by atoms with Crippen molar-refractivity contribution >= 4 is 0 Å². The molecule has 2 N–H and O–H groups in total. The molecule has 184 valence electrons. The number of hydrogen-bond acceptors (Lipinski definition) is 9. The van der Waals surface area contributed by atoms with Crippen molar-refractivity contribution in [1.82, 2.24) is 0 Å². The van der Waals surface area contributed by atoms with E-state index in [2.05, 4.69) is 13.8 Å². The Morgan fingerprint density at radius 3 is 1.16 bits per heavy atom. The molecule has 2 heterocycles. The fourth-order valence-corrected chi connectivity index (χ4v) is 3.66. The molecule has 0 saturated carbocycles. The highest BCUT2D eigenvalue weighted by atomic mass is 16.6. The molecule has 9 nitrogen and oxygen atoms in total. The van der Waals surface area contributed by atoms with Crippen molar-refractivity contribution in [2.75, 3.05) is 92.5 Å². The van der Waals surface area contributed by atoms with Gasteiger partial charge in [-0.2, -0.15) is 0 Å². The quantitative estimate of drug-likeness (QED) is 0.259. The number of rotatable bonds is 20. The Labute approximate surface area is 186 Å². The molecular weight excluding hydrogens is 408 g/mol. The van der Waals surface area contributed by atoms with Crippen LogP contribution in [-0.4, -0.2) is 115 Å². The molecule has 2 rings (SSSR count). The second-order valence-electron chi connectivity index (χ2n) is 8.33. The third kappa shape index (κ3) is 7.87. The molecule has 0 spiro atoms.